The van der Waals surface area contributed by atoms with E-state index in [1.165, 1.54) is 19.2 Å². The number of methoxy groups -OCH3 is 1. The van der Waals surface area contributed by atoms with E-state index in [2.05, 4.69) is 19.6 Å². The third-order valence-corrected chi connectivity index (χ3v) is 5.87. The third kappa shape index (κ3) is 4.28. The van der Waals surface area contributed by atoms with Crippen molar-refractivity contribution in [3.8, 4) is 5.75 Å². The Morgan fingerprint density at radius 3 is 2.58 bits per heavy atom. The summed E-state index contributed by atoms with van der Waals surface area (Å²) in [6, 6.07) is 5.38. The van der Waals surface area contributed by atoms with Crippen LogP contribution in [0.2, 0.25) is 0 Å². The molecule has 9 heteroatoms. The van der Waals surface area contributed by atoms with Crippen molar-refractivity contribution >= 4 is 16.0 Å². The molecule has 1 aromatic carbocycles. The molecular weight excluding hydrogens is 359 g/mol. The number of hydrogen-bond acceptors (Lipinski definition) is 6. The molecule has 1 aromatic heterocycles. The van der Waals surface area contributed by atoms with Gasteiger partial charge in [0, 0.05) is 32.0 Å². The van der Waals surface area contributed by atoms with Crippen LogP contribution >= 0.6 is 0 Å². The Bertz CT molecular complexity index is 840. The number of ether oxygens (including phenoxy) is 1. The van der Waals surface area contributed by atoms with E-state index in [-0.39, 0.29) is 16.6 Å². The SMILES string of the molecule is COc1ccc(S(=O)(=O)NCC2CCN(c3ncccn3)CC2)cc1F. The molecule has 0 spiro atoms. The van der Waals surface area contributed by atoms with Crippen LogP contribution in [0.15, 0.2) is 41.6 Å². The first kappa shape index (κ1) is 18.5. The van der Waals surface area contributed by atoms with Crippen LogP contribution in [0.25, 0.3) is 0 Å². The predicted octanol–water partition coefficient (Wildman–Crippen LogP) is 1.82. The minimum atomic E-state index is -3.76. The molecular formula is C17H21FN4O3S. The van der Waals surface area contributed by atoms with Gasteiger partial charge in [0.05, 0.1) is 12.0 Å². The second kappa shape index (κ2) is 7.96. The minimum absolute atomic E-state index is 0.0134. The van der Waals surface area contributed by atoms with Gasteiger partial charge in [0.15, 0.2) is 11.6 Å². The summed E-state index contributed by atoms with van der Waals surface area (Å²) in [5.74, 6) is 0.221. The fraction of sp³-hybridized carbons (Fsp3) is 0.412. The average molecular weight is 380 g/mol. The van der Waals surface area contributed by atoms with E-state index in [1.807, 2.05) is 0 Å². The molecule has 1 fully saturated rings. The van der Waals surface area contributed by atoms with Gasteiger partial charge in [-0.2, -0.15) is 0 Å². The Morgan fingerprint density at radius 2 is 1.96 bits per heavy atom. The van der Waals surface area contributed by atoms with Crippen molar-refractivity contribution < 1.29 is 17.5 Å². The van der Waals surface area contributed by atoms with Crippen LogP contribution in [0, 0.1) is 11.7 Å². The molecule has 1 aliphatic heterocycles. The maximum atomic E-state index is 13.7. The van der Waals surface area contributed by atoms with Gasteiger partial charge < -0.3 is 9.64 Å². The summed E-state index contributed by atoms with van der Waals surface area (Å²) >= 11 is 0. The maximum Gasteiger partial charge on any atom is 0.240 e. The average Bonchev–Trinajstić information content (AvgIpc) is 2.67. The maximum absolute atomic E-state index is 13.7. The van der Waals surface area contributed by atoms with Crippen LogP contribution in [0.3, 0.4) is 0 Å². The van der Waals surface area contributed by atoms with Crippen molar-refractivity contribution in [1.82, 2.24) is 14.7 Å². The lowest BCUT2D eigenvalue weighted by Gasteiger charge is -2.31. The Hall–Kier alpha value is -2.26. The Labute approximate surface area is 152 Å². The molecule has 1 saturated heterocycles. The molecule has 0 amide bonds. The van der Waals surface area contributed by atoms with E-state index in [1.54, 1.807) is 18.5 Å². The van der Waals surface area contributed by atoms with E-state index < -0.39 is 15.8 Å². The number of sulfonamides is 1. The van der Waals surface area contributed by atoms with Crippen molar-refractivity contribution in [2.45, 2.75) is 17.7 Å². The molecule has 0 radical (unpaired) electrons. The van der Waals surface area contributed by atoms with E-state index in [9.17, 15) is 12.8 Å². The van der Waals surface area contributed by atoms with Crippen molar-refractivity contribution in [1.29, 1.82) is 0 Å². The monoisotopic (exact) mass is 380 g/mol. The molecule has 2 heterocycles. The van der Waals surface area contributed by atoms with E-state index in [0.717, 1.165) is 32.0 Å². The van der Waals surface area contributed by atoms with Crippen molar-refractivity contribution in [2.24, 2.45) is 5.92 Å². The molecule has 0 saturated carbocycles. The molecule has 0 unspecified atom stereocenters. The molecule has 0 bridgehead atoms. The fourth-order valence-electron chi connectivity index (χ4n) is 2.92. The summed E-state index contributed by atoms with van der Waals surface area (Å²) in [7, 11) is -2.43. The molecule has 140 valence electrons. The molecule has 1 N–H and O–H groups in total. The van der Waals surface area contributed by atoms with Crippen LogP contribution < -0.4 is 14.4 Å². The molecule has 0 atom stereocenters. The number of anilines is 1. The Kier molecular flexibility index (Phi) is 5.67. The zero-order chi connectivity index (χ0) is 18.6. The molecule has 7 nitrogen and oxygen atoms in total. The number of benzene rings is 1. The van der Waals surface area contributed by atoms with Crippen LogP contribution in [-0.2, 0) is 10.0 Å². The first-order valence-corrected chi connectivity index (χ1v) is 9.83. The van der Waals surface area contributed by atoms with Gasteiger partial charge in [-0.15, -0.1) is 0 Å². The number of piperidine rings is 1. The van der Waals surface area contributed by atoms with Gasteiger partial charge in [-0.25, -0.2) is 27.5 Å². The lowest BCUT2D eigenvalue weighted by Crippen LogP contribution is -2.39. The molecule has 26 heavy (non-hydrogen) atoms. The minimum Gasteiger partial charge on any atom is -0.494 e. The first-order valence-electron chi connectivity index (χ1n) is 8.35. The van der Waals surface area contributed by atoms with Crippen molar-refractivity contribution in [3.05, 3.63) is 42.5 Å². The summed E-state index contributed by atoms with van der Waals surface area (Å²) in [5, 5.41) is 0. The largest absolute Gasteiger partial charge is 0.494 e. The summed E-state index contributed by atoms with van der Waals surface area (Å²) in [5.41, 5.74) is 0. The number of nitrogens with one attached hydrogen (secondary N) is 1. The number of hydrogen-bond donors (Lipinski definition) is 1. The van der Waals surface area contributed by atoms with Crippen LogP contribution in [0.5, 0.6) is 5.75 Å². The smallest absolute Gasteiger partial charge is 0.240 e. The lowest BCUT2D eigenvalue weighted by atomic mass is 9.97. The van der Waals surface area contributed by atoms with Crippen LogP contribution in [-0.4, -0.2) is 45.1 Å². The van der Waals surface area contributed by atoms with Crippen LogP contribution in [0.4, 0.5) is 10.3 Å². The van der Waals surface area contributed by atoms with Gasteiger partial charge >= 0.3 is 0 Å². The standard InChI is InChI=1S/C17H21FN4O3S/c1-25-16-4-3-14(11-15(16)18)26(23,24)21-12-13-5-9-22(10-6-13)17-19-7-2-8-20-17/h2-4,7-8,11,13,21H,5-6,9-10,12H2,1H3. The lowest BCUT2D eigenvalue weighted by molar-refractivity contribution is 0.385. The van der Waals surface area contributed by atoms with Gasteiger partial charge in [-0.3, -0.25) is 0 Å². The zero-order valence-corrected chi connectivity index (χ0v) is 15.2. The number of aromatic nitrogens is 2. The summed E-state index contributed by atoms with van der Waals surface area (Å²) in [6.45, 7) is 1.86. The van der Waals surface area contributed by atoms with Gasteiger partial charge in [-0.05, 0) is 43.0 Å². The van der Waals surface area contributed by atoms with Gasteiger partial charge in [0.2, 0.25) is 16.0 Å². The molecule has 1 aliphatic rings. The van der Waals surface area contributed by atoms with E-state index in [4.69, 9.17) is 4.74 Å². The quantitative estimate of drug-likeness (QED) is 0.823. The van der Waals surface area contributed by atoms with Crippen molar-refractivity contribution in [3.63, 3.8) is 0 Å². The number of rotatable bonds is 6. The molecule has 2 aromatic rings. The fourth-order valence-corrected chi connectivity index (χ4v) is 4.04. The summed E-state index contributed by atoms with van der Waals surface area (Å²) in [6.07, 6.45) is 5.07. The highest BCUT2D eigenvalue weighted by atomic mass is 32.2. The normalized spacial score (nSPS) is 15.8. The summed E-state index contributed by atoms with van der Waals surface area (Å²) in [4.78, 5) is 10.4. The topological polar surface area (TPSA) is 84.4 Å². The second-order valence-corrected chi connectivity index (χ2v) is 7.89. The Morgan fingerprint density at radius 1 is 1.27 bits per heavy atom. The highest BCUT2D eigenvalue weighted by molar-refractivity contribution is 7.89. The molecule has 3 rings (SSSR count). The second-order valence-electron chi connectivity index (χ2n) is 6.13. The van der Waals surface area contributed by atoms with E-state index >= 15 is 0 Å². The molecule has 0 aliphatic carbocycles. The van der Waals surface area contributed by atoms with Gasteiger partial charge in [0.1, 0.15) is 0 Å². The number of nitrogens with zero attached hydrogens (tertiary/aromatic N) is 3. The third-order valence-electron chi connectivity index (χ3n) is 4.45. The van der Waals surface area contributed by atoms with Crippen molar-refractivity contribution in [2.75, 3.05) is 31.6 Å². The van der Waals surface area contributed by atoms with Crippen LogP contribution in [0.1, 0.15) is 12.8 Å². The highest BCUT2D eigenvalue weighted by Gasteiger charge is 2.23. The summed E-state index contributed by atoms with van der Waals surface area (Å²) < 4.78 is 45.9. The van der Waals surface area contributed by atoms with Gasteiger partial charge in [-0.1, -0.05) is 0 Å². The first-order chi connectivity index (χ1) is 12.5. The van der Waals surface area contributed by atoms with Gasteiger partial charge in [0.25, 0.3) is 0 Å². The number of halogens is 1. The predicted molar refractivity (Wildman–Crippen MR) is 95.1 cm³/mol. The van der Waals surface area contributed by atoms with E-state index in [0.29, 0.717) is 12.5 Å². The Balaban J connectivity index is 1.55. The highest BCUT2D eigenvalue weighted by Crippen LogP contribution is 2.22. The zero-order valence-electron chi connectivity index (χ0n) is 14.4.